The fraction of sp³-hybridized carbons (Fsp3) is 0.600. The summed E-state index contributed by atoms with van der Waals surface area (Å²) in [4.78, 5) is 2.19. The van der Waals surface area contributed by atoms with Crippen LogP contribution in [0.2, 0.25) is 0 Å². The number of benzene rings is 1. The fourth-order valence-electron chi connectivity index (χ4n) is 2.26. The van der Waals surface area contributed by atoms with Crippen LogP contribution in [0.1, 0.15) is 11.7 Å². The standard InChI is InChI=1S/C15H24N2O4/c18-11-14(19)9-16-13-3-1-12(2-4-13)15(20)10-17-5-7-21-8-6-17/h1-4,14-16,18-20H,5-11H2. The summed E-state index contributed by atoms with van der Waals surface area (Å²) in [7, 11) is 0. The molecule has 21 heavy (non-hydrogen) atoms. The van der Waals surface area contributed by atoms with Crippen molar-refractivity contribution < 1.29 is 20.1 Å². The van der Waals surface area contributed by atoms with E-state index in [-0.39, 0.29) is 6.61 Å². The number of hydrogen-bond acceptors (Lipinski definition) is 6. The van der Waals surface area contributed by atoms with Crippen LogP contribution in [0, 0.1) is 0 Å². The van der Waals surface area contributed by atoms with Crippen LogP contribution in [0.3, 0.4) is 0 Å². The van der Waals surface area contributed by atoms with Gasteiger partial charge in [-0.25, -0.2) is 0 Å². The van der Waals surface area contributed by atoms with Crippen molar-refractivity contribution in [2.45, 2.75) is 12.2 Å². The molecule has 1 heterocycles. The molecule has 0 aliphatic carbocycles. The molecule has 118 valence electrons. The van der Waals surface area contributed by atoms with Gasteiger partial charge in [0.2, 0.25) is 0 Å². The number of aliphatic hydroxyl groups excluding tert-OH is 3. The van der Waals surface area contributed by atoms with Crippen LogP contribution in [0.25, 0.3) is 0 Å². The number of nitrogens with one attached hydrogen (secondary N) is 1. The normalized spacial score (nSPS) is 19.2. The predicted molar refractivity (Wildman–Crippen MR) is 80.2 cm³/mol. The van der Waals surface area contributed by atoms with Crippen LogP contribution >= 0.6 is 0 Å². The van der Waals surface area contributed by atoms with Gasteiger partial charge in [0.25, 0.3) is 0 Å². The molecule has 1 aromatic carbocycles. The Morgan fingerprint density at radius 3 is 2.43 bits per heavy atom. The van der Waals surface area contributed by atoms with Crippen molar-refractivity contribution in [2.24, 2.45) is 0 Å². The zero-order valence-electron chi connectivity index (χ0n) is 12.1. The van der Waals surface area contributed by atoms with E-state index in [1.807, 2.05) is 24.3 Å². The van der Waals surface area contributed by atoms with E-state index in [0.29, 0.717) is 13.1 Å². The van der Waals surface area contributed by atoms with Crippen molar-refractivity contribution >= 4 is 5.69 Å². The number of nitrogens with zero attached hydrogens (tertiary/aromatic N) is 1. The quantitative estimate of drug-likeness (QED) is 0.558. The molecule has 6 nitrogen and oxygen atoms in total. The number of aliphatic hydroxyl groups is 3. The number of ether oxygens (including phenoxy) is 1. The van der Waals surface area contributed by atoms with Gasteiger partial charge in [-0.05, 0) is 17.7 Å². The van der Waals surface area contributed by atoms with Gasteiger partial charge in [-0.3, -0.25) is 4.90 Å². The first-order chi connectivity index (χ1) is 10.2. The molecule has 2 rings (SSSR count). The lowest BCUT2D eigenvalue weighted by Crippen LogP contribution is -2.38. The Balaban J connectivity index is 1.82. The van der Waals surface area contributed by atoms with E-state index in [2.05, 4.69) is 10.2 Å². The highest BCUT2D eigenvalue weighted by Crippen LogP contribution is 2.18. The average Bonchev–Trinajstić information content (AvgIpc) is 2.54. The predicted octanol–water partition coefficient (Wildman–Crippen LogP) is -0.183. The zero-order valence-corrected chi connectivity index (χ0v) is 12.1. The molecule has 1 aromatic rings. The smallest absolute Gasteiger partial charge is 0.0942 e. The Hall–Kier alpha value is -1.18. The largest absolute Gasteiger partial charge is 0.394 e. The van der Waals surface area contributed by atoms with Crippen molar-refractivity contribution in [1.29, 1.82) is 0 Å². The monoisotopic (exact) mass is 296 g/mol. The first kappa shape index (κ1) is 16.2. The van der Waals surface area contributed by atoms with Crippen molar-refractivity contribution in [2.75, 3.05) is 51.3 Å². The van der Waals surface area contributed by atoms with E-state index in [1.165, 1.54) is 0 Å². The lowest BCUT2D eigenvalue weighted by molar-refractivity contribution is 0.0143. The molecule has 0 spiro atoms. The van der Waals surface area contributed by atoms with Crippen molar-refractivity contribution in [3.05, 3.63) is 29.8 Å². The molecule has 1 aliphatic heterocycles. The summed E-state index contributed by atoms with van der Waals surface area (Å²) < 4.78 is 5.29. The molecule has 0 amide bonds. The highest BCUT2D eigenvalue weighted by atomic mass is 16.5. The van der Waals surface area contributed by atoms with Gasteiger partial charge in [-0.15, -0.1) is 0 Å². The van der Waals surface area contributed by atoms with Crippen LogP contribution in [-0.2, 0) is 4.74 Å². The van der Waals surface area contributed by atoms with Gasteiger partial charge in [-0.1, -0.05) is 12.1 Å². The first-order valence-corrected chi connectivity index (χ1v) is 7.30. The van der Waals surface area contributed by atoms with Crippen LogP contribution < -0.4 is 5.32 Å². The second kappa shape index (κ2) is 8.31. The molecule has 0 bridgehead atoms. The molecule has 4 N–H and O–H groups in total. The van der Waals surface area contributed by atoms with E-state index >= 15 is 0 Å². The van der Waals surface area contributed by atoms with E-state index in [1.54, 1.807) is 0 Å². The number of hydrogen-bond donors (Lipinski definition) is 4. The van der Waals surface area contributed by atoms with Crippen molar-refractivity contribution in [1.82, 2.24) is 4.90 Å². The lowest BCUT2D eigenvalue weighted by atomic mass is 10.1. The maximum Gasteiger partial charge on any atom is 0.0942 e. The van der Waals surface area contributed by atoms with E-state index in [9.17, 15) is 10.2 Å². The Morgan fingerprint density at radius 1 is 1.14 bits per heavy atom. The highest BCUT2D eigenvalue weighted by molar-refractivity contribution is 5.45. The minimum absolute atomic E-state index is 0.261. The number of rotatable bonds is 7. The molecule has 1 aliphatic rings. The SMILES string of the molecule is OCC(O)CNc1ccc(C(O)CN2CCOCC2)cc1. The summed E-state index contributed by atoms with van der Waals surface area (Å²) in [6.07, 6.45) is -1.28. The third kappa shape index (κ3) is 5.26. The van der Waals surface area contributed by atoms with Crippen LogP contribution in [0.15, 0.2) is 24.3 Å². The Morgan fingerprint density at radius 2 is 1.81 bits per heavy atom. The minimum atomic E-state index is -0.767. The minimum Gasteiger partial charge on any atom is -0.394 e. The molecular weight excluding hydrogens is 272 g/mol. The van der Waals surface area contributed by atoms with Gasteiger partial charge < -0.3 is 25.4 Å². The average molecular weight is 296 g/mol. The van der Waals surface area contributed by atoms with Gasteiger partial charge >= 0.3 is 0 Å². The van der Waals surface area contributed by atoms with E-state index in [0.717, 1.165) is 37.6 Å². The van der Waals surface area contributed by atoms with E-state index in [4.69, 9.17) is 9.84 Å². The molecule has 2 unspecified atom stereocenters. The molecule has 0 radical (unpaired) electrons. The van der Waals surface area contributed by atoms with E-state index < -0.39 is 12.2 Å². The molecule has 1 fully saturated rings. The van der Waals surface area contributed by atoms with Gasteiger partial charge in [0.05, 0.1) is 32.0 Å². The number of morpholine rings is 1. The molecule has 0 aromatic heterocycles. The second-order valence-corrected chi connectivity index (χ2v) is 5.27. The Bertz CT molecular complexity index is 407. The molecule has 0 saturated carbocycles. The van der Waals surface area contributed by atoms with Gasteiger partial charge in [0, 0.05) is 31.9 Å². The van der Waals surface area contributed by atoms with Gasteiger partial charge in [0.1, 0.15) is 0 Å². The number of β-amino-alcohol motifs (C(OH)–C–C–N with tert-alkyl or cyclic N) is 1. The summed E-state index contributed by atoms with van der Waals surface area (Å²) in [6.45, 7) is 3.81. The topological polar surface area (TPSA) is 85.2 Å². The Kier molecular flexibility index (Phi) is 6.41. The Labute approximate surface area is 125 Å². The molecule has 1 saturated heterocycles. The third-order valence-electron chi connectivity index (χ3n) is 3.58. The second-order valence-electron chi connectivity index (χ2n) is 5.27. The van der Waals surface area contributed by atoms with Gasteiger partial charge in [0.15, 0.2) is 0 Å². The fourth-order valence-corrected chi connectivity index (χ4v) is 2.26. The summed E-state index contributed by atoms with van der Waals surface area (Å²) >= 11 is 0. The van der Waals surface area contributed by atoms with Gasteiger partial charge in [-0.2, -0.15) is 0 Å². The molecular formula is C15H24N2O4. The highest BCUT2D eigenvalue weighted by Gasteiger charge is 2.16. The first-order valence-electron chi connectivity index (χ1n) is 7.30. The summed E-state index contributed by atoms with van der Waals surface area (Å²) in [5.41, 5.74) is 1.72. The summed E-state index contributed by atoms with van der Waals surface area (Å²) in [5.74, 6) is 0. The van der Waals surface area contributed by atoms with Crippen molar-refractivity contribution in [3.8, 4) is 0 Å². The molecule has 2 atom stereocenters. The maximum atomic E-state index is 10.2. The van der Waals surface area contributed by atoms with Crippen molar-refractivity contribution in [3.63, 3.8) is 0 Å². The van der Waals surface area contributed by atoms with Crippen LogP contribution in [0.4, 0.5) is 5.69 Å². The third-order valence-corrected chi connectivity index (χ3v) is 3.58. The lowest BCUT2D eigenvalue weighted by Gasteiger charge is -2.28. The molecule has 6 heteroatoms. The summed E-state index contributed by atoms with van der Waals surface area (Å²) in [6, 6.07) is 7.47. The maximum absolute atomic E-state index is 10.2. The number of anilines is 1. The van der Waals surface area contributed by atoms with Crippen LogP contribution in [0.5, 0.6) is 0 Å². The zero-order chi connectivity index (χ0) is 15.1. The summed E-state index contributed by atoms with van der Waals surface area (Å²) in [5, 5.41) is 31.3. The van der Waals surface area contributed by atoms with Crippen LogP contribution in [-0.4, -0.2) is 72.3 Å².